The summed E-state index contributed by atoms with van der Waals surface area (Å²) < 4.78 is 0. The van der Waals surface area contributed by atoms with E-state index in [2.05, 4.69) is 13.8 Å². The van der Waals surface area contributed by atoms with Gasteiger partial charge in [-0.05, 0) is 0 Å². The Morgan fingerprint density at radius 1 is 0.636 bits per heavy atom. The molecule has 0 heterocycles. The minimum absolute atomic E-state index is 0. The van der Waals surface area contributed by atoms with Crippen LogP contribution in [0.1, 0.15) is 13.8 Å². The van der Waals surface area contributed by atoms with Gasteiger partial charge in [0.25, 0.3) is 0 Å². The molecule has 0 aromatic heterocycles. The Morgan fingerprint density at radius 3 is 0.636 bits per heavy atom. The molecule has 0 aliphatic rings. The Balaban J connectivity index is -0.000000000635. The zero-order valence-electron chi connectivity index (χ0n) is 7.79. The van der Waals surface area contributed by atoms with Gasteiger partial charge in [-0.15, -0.1) is 0 Å². The molecule has 0 aromatic carbocycles. The van der Waals surface area contributed by atoms with Crippen molar-refractivity contribution in [1.82, 2.24) is 0 Å². The Kier molecular flexibility index (Phi) is 990. The van der Waals surface area contributed by atoms with Crippen molar-refractivity contribution in [2.75, 3.05) is 0 Å². The molecule has 0 saturated carbocycles. The zero-order valence-corrected chi connectivity index (χ0v) is 22.3. The molecule has 0 bridgehead atoms. The SMILES string of the molecule is [CH2-]C.[CH2-]C.[CH3-].[CH3-].[W+2].[W+2].[W].[Y].[Y]. The molecule has 0 rings (SSSR count). The molecule has 0 aliphatic carbocycles. The van der Waals surface area contributed by atoms with E-state index in [9.17, 15) is 0 Å². The molecular formula is C6H16W3Y2. The topological polar surface area (TPSA) is 0 Å². The van der Waals surface area contributed by atoms with Crippen LogP contribution in [0.25, 0.3) is 0 Å². The van der Waals surface area contributed by atoms with Crippen LogP contribution in [0, 0.1) is 28.7 Å². The smallest absolute Gasteiger partial charge is 0.358 e. The first-order valence-corrected chi connectivity index (χ1v) is 1.41. The fourth-order valence-corrected chi connectivity index (χ4v) is 0. The van der Waals surface area contributed by atoms with Gasteiger partial charge < -0.3 is 28.7 Å². The van der Waals surface area contributed by atoms with Crippen molar-refractivity contribution in [2.24, 2.45) is 0 Å². The third-order valence-electron chi connectivity index (χ3n) is 0. The maximum absolute atomic E-state index is 3.25. The van der Waals surface area contributed by atoms with Crippen LogP contribution in [0.4, 0.5) is 0 Å². The van der Waals surface area contributed by atoms with Crippen LogP contribution in [0.3, 0.4) is 0 Å². The van der Waals surface area contributed by atoms with Crippen molar-refractivity contribution in [3.05, 3.63) is 28.7 Å². The van der Waals surface area contributed by atoms with Gasteiger partial charge in [0.1, 0.15) is 0 Å². The van der Waals surface area contributed by atoms with E-state index in [-0.39, 0.29) is 143 Å². The van der Waals surface area contributed by atoms with Gasteiger partial charge in [0.15, 0.2) is 0 Å². The minimum atomic E-state index is 0. The minimum Gasteiger partial charge on any atom is -0.358 e. The maximum atomic E-state index is 3.25. The molecule has 64 valence electrons. The average molecular weight is 818 g/mol. The molecule has 5 heteroatoms. The third kappa shape index (κ3) is 118. The summed E-state index contributed by atoms with van der Waals surface area (Å²) in [5.41, 5.74) is 0. The molecule has 2 radical (unpaired) electrons. The fourth-order valence-electron chi connectivity index (χ4n) is 0. The fraction of sp³-hybridized carbons (Fsp3) is 0.333. The van der Waals surface area contributed by atoms with Gasteiger partial charge in [-0.25, -0.2) is 0 Å². The van der Waals surface area contributed by atoms with Gasteiger partial charge in [0.2, 0.25) is 0 Å². The van der Waals surface area contributed by atoms with Crippen molar-refractivity contribution >= 4 is 0 Å². The standard InChI is InChI=1S/2C2H5.2CH3.3W.2Y/c2*1-2;;;;;;;/h2*1H2,2H3;2*1H3;;;;;/q4*-1;;2*+2;;. The Bertz CT molecular complexity index is 15.8. The Labute approximate surface area is 168 Å². The van der Waals surface area contributed by atoms with E-state index < -0.39 is 0 Å². The number of hydrogen-bond donors (Lipinski definition) is 0. The third-order valence-corrected chi connectivity index (χ3v) is 0. The number of rotatable bonds is 0. The van der Waals surface area contributed by atoms with Crippen LogP contribution in [-0.2, 0) is 129 Å². The van der Waals surface area contributed by atoms with Crippen molar-refractivity contribution in [3.63, 3.8) is 0 Å². The predicted molar refractivity (Wildman–Crippen MR) is 34.9 cm³/mol. The van der Waals surface area contributed by atoms with Gasteiger partial charge in [0, 0.05) is 86.5 Å². The second-order valence-corrected chi connectivity index (χ2v) is 0. The van der Waals surface area contributed by atoms with Gasteiger partial charge >= 0.3 is 42.1 Å². The zero-order chi connectivity index (χ0) is 4.00. The van der Waals surface area contributed by atoms with Gasteiger partial charge in [-0.3, -0.25) is 0 Å². The monoisotopic (exact) mass is 818 g/mol. The van der Waals surface area contributed by atoms with Crippen LogP contribution in [0.5, 0.6) is 0 Å². The summed E-state index contributed by atoms with van der Waals surface area (Å²) in [6.07, 6.45) is 0. The van der Waals surface area contributed by atoms with Crippen LogP contribution in [-0.4, -0.2) is 0 Å². The van der Waals surface area contributed by atoms with Crippen molar-refractivity contribution in [1.29, 1.82) is 0 Å². The molecule has 0 unspecified atom stereocenters. The number of hydrogen-bond acceptors (Lipinski definition) is 0. The van der Waals surface area contributed by atoms with E-state index >= 15 is 0 Å². The molecule has 0 fully saturated rings. The summed E-state index contributed by atoms with van der Waals surface area (Å²) in [6.45, 7) is 10.0. The molecule has 0 nitrogen and oxygen atoms in total. The van der Waals surface area contributed by atoms with Crippen LogP contribution in [0.2, 0.25) is 0 Å². The first-order chi connectivity index (χ1) is 2.00. The molecule has 0 atom stereocenters. The van der Waals surface area contributed by atoms with Gasteiger partial charge in [-0.1, -0.05) is 0 Å². The maximum Gasteiger partial charge on any atom is 2.00 e. The average Bonchev–Trinajstić information content (AvgIpc) is 1.50. The summed E-state index contributed by atoms with van der Waals surface area (Å²) in [5.74, 6) is 0. The molecule has 0 saturated heterocycles. The van der Waals surface area contributed by atoms with Crippen LogP contribution >= 0.6 is 0 Å². The molecule has 0 spiro atoms. The molecular weight excluding hydrogens is 801 g/mol. The summed E-state index contributed by atoms with van der Waals surface area (Å²) in [7, 11) is 0. The largest absolute Gasteiger partial charge is 2.00 e. The molecule has 0 amide bonds. The normalized spacial score (nSPS) is 1.09. The summed E-state index contributed by atoms with van der Waals surface area (Å²) in [5, 5.41) is 0. The molecule has 0 N–H and O–H groups in total. The van der Waals surface area contributed by atoms with Crippen LogP contribution in [0.15, 0.2) is 0 Å². The van der Waals surface area contributed by atoms with Gasteiger partial charge in [0.05, 0.1) is 0 Å². The molecule has 11 heavy (non-hydrogen) atoms. The van der Waals surface area contributed by atoms with Crippen molar-refractivity contribution in [2.45, 2.75) is 13.8 Å². The second kappa shape index (κ2) is 138. The predicted octanol–water partition coefficient (Wildman–Crippen LogP) is 2.57. The van der Waals surface area contributed by atoms with Gasteiger partial charge in [-0.2, -0.15) is 13.8 Å². The first-order valence-electron chi connectivity index (χ1n) is 1.41. The Morgan fingerprint density at radius 2 is 0.636 bits per heavy atom. The van der Waals surface area contributed by atoms with E-state index in [1.807, 2.05) is 0 Å². The Hall–Kier alpha value is 4.27. The van der Waals surface area contributed by atoms with E-state index in [0.717, 1.165) is 0 Å². The second-order valence-electron chi connectivity index (χ2n) is 0. The van der Waals surface area contributed by atoms with E-state index in [1.54, 1.807) is 13.8 Å². The summed E-state index contributed by atoms with van der Waals surface area (Å²) >= 11 is 0. The van der Waals surface area contributed by atoms with E-state index in [1.165, 1.54) is 0 Å². The summed E-state index contributed by atoms with van der Waals surface area (Å²) in [6, 6.07) is 0. The molecule has 0 aromatic rings. The quantitative estimate of drug-likeness (QED) is 0.331. The first kappa shape index (κ1) is 79.1. The van der Waals surface area contributed by atoms with Crippen LogP contribution < -0.4 is 0 Å². The van der Waals surface area contributed by atoms with E-state index in [4.69, 9.17) is 0 Å². The molecule has 0 aliphatic heterocycles. The van der Waals surface area contributed by atoms with Crippen molar-refractivity contribution in [3.8, 4) is 0 Å². The van der Waals surface area contributed by atoms with Crippen molar-refractivity contribution < 1.29 is 129 Å². The van der Waals surface area contributed by atoms with E-state index in [0.29, 0.717) is 0 Å². The summed E-state index contributed by atoms with van der Waals surface area (Å²) in [4.78, 5) is 0.